The van der Waals surface area contributed by atoms with Crippen molar-refractivity contribution < 1.29 is 9.18 Å². The lowest BCUT2D eigenvalue weighted by Gasteiger charge is -2.38. The van der Waals surface area contributed by atoms with Gasteiger partial charge in [0.05, 0.1) is 12.2 Å². The van der Waals surface area contributed by atoms with E-state index in [0.29, 0.717) is 25.5 Å². The first-order valence-corrected chi connectivity index (χ1v) is 10.6. The summed E-state index contributed by atoms with van der Waals surface area (Å²) in [5, 5.41) is 5.20. The van der Waals surface area contributed by atoms with Gasteiger partial charge in [0.25, 0.3) is 0 Å². The number of nitrogens with one attached hydrogen (secondary N) is 2. The summed E-state index contributed by atoms with van der Waals surface area (Å²) >= 11 is 0. The summed E-state index contributed by atoms with van der Waals surface area (Å²) in [6.07, 6.45) is 8.18. The van der Waals surface area contributed by atoms with Gasteiger partial charge in [-0.15, -0.1) is 0 Å². The smallest absolute Gasteiger partial charge is 0.334 e. The van der Waals surface area contributed by atoms with Crippen molar-refractivity contribution in [2.75, 3.05) is 25.0 Å². The number of nitrogens with zero attached hydrogens (tertiary/aromatic N) is 5. The molecule has 0 radical (unpaired) electrons. The highest BCUT2D eigenvalue weighted by molar-refractivity contribution is 5.91. The molecule has 1 aliphatic heterocycles. The van der Waals surface area contributed by atoms with Gasteiger partial charge in [0.2, 0.25) is 0 Å². The highest BCUT2D eigenvalue weighted by Gasteiger charge is 2.29. The number of nitrogens with two attached hydrogens (primary N) is 1. The van der Waals surface area contributed by atoms with Crippen LogP contribution in [0.1, 0.15) is 32.6 Å². The zero-order chi connectivity index (χ0) is 21.8. The van der Waals surface area contributed by atoms with E-state index >= 15 is 0 Å². The number of hydrazine groups is 1. The van der Waals surface area contributed by atoms with Crippen LogP contribution in [0.4, 0.5) is 15.0 Å². The van der Waals surface area contributed by atoms with Crippen molar-refractivity contribution in [2.45, 2.75) is 38.6 Å². The average molecular weight is 427 g/mol. The van der Waals surface area contributed by atoms with E-state index in [1.54, 1.807) is 17.3 Å². The van der Waals surface area contributed by atoms with Crippen molar-refractivity contribution in [1.82, 2.24) is 29.8 Å². The van der Waals surface area contributed by atoms with E-state index in [9.17, 15) is 9.18 Å². The van der Waals surface area contributed by atoms with Crippen LogP contribution in [0.2, 0.25) is 0 Å². The number of aromatic amines is 1. The van der Waals surface area contributed by atoms with Crippen LogP contribution in [-0.4, -0.2) is 61.6 Å². The number of likely N-dealkylation sites (tertiary alicyclic amines) is 1. The van der Waals surface area contributed by atoms with Gasteiger partial charge in [0.15, 0.2) is 17.5 Å². The number of amides is 2. The first-order chi connectivity index (χ1) is 15.1. The molecule has 1 saturated heterocycles. The minimum atomic E-state index is -0.540. The molecule has 3 aromatic heterocycles. The second-order valence-electron chi connectivity index (χ2n) is 7.69. The number of carbonyl (C=O) groups excluding carboxylic acids is 1. The molecule has 4 heterocycles. The van der Waals surface area contributed by atoms with Crippen LogP contribution < -0.4 is 11.2 Å². The number of urea groups is 1. The number of aromatic nitrogens is 4. The summed E-state index contributed by atoms with van der Waals surface area (Å²) in [6, 6.07) is 3.47. The van der Waals surface area contributed by atoms with Crippen molar-refractivity contribution in [2.24, 2.45) is 5.84 Å². The van der Waals surface area contributed by atoms with Crippen LogP contribution in [0.25, 0.3) is 22.4 Å². The zero-order valence-corrected chi connectivity index (χ0v) is 17.5. The lowest BCUT2D eigenvalue weighted by molar-refractivity contribution is 0.119. The van der Waals surface area contributed by atoms with Crippen molar-refractivity contribution in [1.29, 1.82) is 0 Å². The maximum Gasteiger partial charge on any atom is 0.334 e. The van der Waals surface area contributed by atoms with E-state index in [0.717, 1.165) is 48.5 Å². The van der Waals surface area contributed by atoms with Crippen LogP contribution >= 0.6 is 0 Å². The lowest BCUT2D eigenvalue weighted by Crippen LogP contribution is -2.54. The van der Waals surface area contributed by atoms with Crippen molar-refractivity contribution >= 4 is 22.9 Å². The molecule has 10 heteroatoms. The standard InChI is InChI=1S/C21H27FN8O/c1-2-9-30(23)21(31)29-10-4-3-6-14(29)11-25-20-17(22)13-27-19(28-20)16-12-26-18-15(16)7-5-8-24-18/h5,7-8,12-14H,2-4,6,9-11,23H2,1H3,(H,24,26)(H,25,27,28)/t14-/m0/s1. The monoisotopic (exact) mass is 426 g/mol. The SMILES string of the molecule is CCCN(N)C(=O)N1CCCC[C@H]1CNc1nc(-c2c[nH]c3ncccc23)ncc1F. The van der Waals surface area contributed by atoms with Gasteiger partial charge in [-0.3, -0.25) is 5.01 Å². The Morgan fingerprint density at radius 1 is 1.42 bits per heavy atom. The Balaban J connectivity index is 1.51. The topological polar surface area (TPSA) is 116 Å². The van der Waals surface area contributed by atoms with Crippen LogP contribution in [0.5, 0.6) is 0 Å². The predicted molar refractivity (Wildman–Crippen MR) is 116 cm³/mol. The Bertz CT molecular complexity index is 1050. The summed E-state index contributed by atoms with van der Waals surface area (Å²) in [4.78, 5) is 30.4. The van der Waals surface area contributed by atoms with Crippen LogP contribution in [0, 0.1) is 5.82 Å². The van der Waals surface area contributed by atoms with E-state index in [-0.39, 0.29) is 17.9 Å². The highest BCUT2D eigenvalue weighted by atomic mass is 19.1. The summed E-state index contributed by atoms with van der Waals surface area (Å²) in [5.41, 5.74) is 1.47. The molecule has 0 unspecified atom stereocenters. The lowest BCUT2D eigenvalue weighted by atomic mass is 10.0. The zero-order valence-electron chi connectivity index (χ0n) is 17.5. The molecule has 1 aliphatic rings. The van der Waals surface area contributed by atoms with Gasteiger partial charge in [-0.25, -0.2) is 30.0 Å². The van der Waals surface area contributed by atoms with E-state index < -0.39 is 5.82 Å². The molecule has 164 valence electrons. The third-order valence-electron chi connectivity index (χ3n) is 5.52. The molecule has 2 amide bonds. The number of carbonyl (C=O) groups is 1. The summed E-state index contributed by atoms with van der Waals surface area (Å²) in [7, 11) is 0. The van der Waals surface area contributed by atoms with E-state index in [1.165, 1.54) is 5.01 Å². The Morgan fingerprint density at radius 2 is 2.29 bits per heavy atom. The minimum absolute atomic E-state index is 0.0840. The number of rotatable bonds is 6. The van der Waals surface area contributed by atoms with Gasteiger partial charge in [0.1, 0.15) is 5.65 Å². The molecule has 9 nitrogen and oxygen atoms in total. The van der Waals surface area contributed by atoms with Gasteiger partial charge in [-0.1, -0.05) is 6.92 Å². The first kappa shape index (κ1) is 21.0. The second-order valence-corrected chi connectivity index (χ2v) is 7.69. The number of hydrogen-bond acceptors (Lipinski definition) is 6. The number of pyridine rings is 1. The van der Waals surface area contributed by atoms with Gasteiger partial charge in [0, 0.05) is 43.0 Å². The fourth-order valence-corrected chi connectivity index (χ4v) is 3.94. The summed E-state index contributed by atoms with van der Waals surface area (Å²) < 4.78 is 14.4. The molecule has 1 atom stereocenters. The Hall–Kier alpha value is -3.27. The average Bonchev–Trinajstić information content (AvgIpc) is 3.23. The van der Waals surface area contributed by atoms with Gasteiger partial charge in [-0.05, 0) is 37.8 Å². The van der Waals surface area contributed by atoms with Crippen molar-refractivity contribution in [3.05, 3.63) is 36.5 Å². The third-order valence-corrected chi connectivity index (χ3v) is 5.52. The normalized spacial score (nSPS) is 16.5. The molecule has 0 aromatic carbocycles. The molecule has 0 saturated carbocycles. The molecule has 31 heavy (non-hydrogen) atoms. The van der Waals surface area contributed by atoms with Crippen molar-refractivity contribution in [3.63, 3.8) is 0 Å². The molecular weight excluding hydrogens is 399 g/mol. The Morgan fingerprint density at radius 3 is 3.13 bits per heavy atom. The number of hydrogen-bond donors (Lipinski definition) is 3. The number of fused-ring (bicyclic) bond motifs is 1. The van der Waals surface area contributed by atoms with E-state index in [4.69, 9.17) is 5.84 Å². The largest absolute Gasteiger partial charge is 0.365 e. The van der Waals surface area contributed by atoms with Crippen LogP contribution in [-0.2, 0) is 0 Å². The van der Waals surface area contributed by atoms with E-state index in [2.05, 4.69) is 25.3 Å². The maximum absolute atomic E-state index is 14.4. The Kier molecular flexibility index (Phi) is 6.26. The quantitative estimate of drug-likeness (QED) is 0.317. The van der Waals surface area contributed by atoms with Crippen LogP contribution in [0.15, 0.2) is 30.7 Å². The maximum atomic E-state index is 14.4. The molecule has 0 bridgehead atoms. The second kappa shape index (κ2) is 9.25. The predicted octanol–water partition coefficient (Wildman–Crippen LogP) is 3.13. The molecule has 0 spiro atoms. The van der Waals surface area contributed by atoms with Crippen LogP contribution in [0.3, 0.4) is 0 Å². The molecular formula is C21H27FN8O. The number of anilines is 1. The van der Waals surface area contributed by atoms with Gasteiger partial charge >= 0.3 is 6.03 Å². The fraction of sp³-hybridized carbons (Fsp3) is 0.429. The molecule has 4 rings (SSSR count). The third kappa shape index (κ3) is 4.43. The first-order valence-electron chi connectivity index (χ1n) is 10.6. The molecule has 1 fully saturated rings. The minimum Gasteiger partial charge on any atom is -0.365 e. The van der Waals surface area contributed by atoms with E-state index in [1.807, 2.05) is 19.1 Å². The fourth-order valence-electron chi connectivity index (χ4n) is 3.94. The molecule has 3 aromatic rings. The summed E-state index contributed by atoms with van der Waals surface area (Å²) in [5.74, 6) is 5.87. The number of piperidine rings is 1. The van der Waals surface area contributed by atoms with Gasteiger partial charge in [-0.2, -0.15) is 0 Å². The number of halogens is 1. The highest BCUT2D eigenvalue weighted by Crippen LogP contribution is 2.26. The molecule has 4 N–H and O–H groups in total. The number of H-pyrrole nitrogens is 1. The summed E-state index contributed by atoms with van der Waals surface area (Å²) in [6.45, 7) is 3.50. The van der Waals surface area contributed by atoms with Gasteiger partial charge < -0.3 is 15.2 Å². The van der Waals surface area contributed by atoms with Crippen molar-refractivity contribution in [3.8, 4) is 11.4 Å². The molecule has 0 aliphatic carbocycles. The Labute approximate surface area is 179 Å².